The zero-order valence-corrected chi connectivity index (χ0v) is 18.0. The molecule has 2 aliphatic carbocycles. The zero-order chi connectivity index (χ0) is 16.3. The van der Waals surface area contributed by atoms with Gasteiger partial charge in [-0.3, -0.25) is 0 Å². The van der Waals surface area contributed by atoms with Crippen LogP contribution in [0.2, 0.25) is 0 Å². The maximum absolute atomic E-state index is 6.73. The van der Waals surface area contributed by atoms with Gasteiger partial charge >= 0.3 is 0 Å². The topological polar surface area (TPSA) is 0 Å². The molecule has 120 valence electrons. The maximum Gasteiger partial charge on any atom is 0.0312 e. The molecule has 0 spiro atoms. The van der Waals surface area contributed by atoms with Gasteiger partial charge in [-0.1, -0.05) is 48.2 Å². The smallest absolute Gasteiger partial charge is 0.0312 e. The maximum atomic E-state index is 6.73. The molecule has 0 saturated heterocycles. The number of rotatable bonds is 2. The van der Waals surface area contributed by atoms with E-state index in [0.29, 0.717) is 0 Å². The van der Waals surface area contributed by atoms with Crippen LogP contribution in [0.25, 0.3) is 0 Å². The molecule has 0 heterocycles. The van der Waals surface area contributed by atoms with Crippen molar-refractivity contribution in [2.45, 2.75) is 61.8 Å². The Kier molecular flexibility index (Phi) is 5.80. The standard InChI is InChI=1S/C19H26Cl2.Ti/c1-10-12(3)16(20)18(7,14(10)5)9-19(8)15(6)11(2)13(4)17(19)21;/h9H2,1-8H3;. The Hall–Kier alpha value is 0.254. The largest absolute Gasteiger partial charge is 0.0879 e. The predicted octanol–water partition coefficient (Wildman–Crippen LogP) is 7.11. The number of allylic oxidation sites excluding steroid dienone is 8. The van der Waals surface area contributed by atoms with Crippen molar-refractivity contribution < 1.29 is 21.7 Å². The van der Waals surface area contributed by atoms with Crippen molar-refractivity contribution in [1.29, 1.82) is 0 Å². The first-order valence-corrected chi connectivity index (χ1v) is 8.34. The second kappa shape index (κ2) is 6.28. The summed E-state index contributed by atoms with van der Waals surface area (Å²) in [5.74, 6) is 0. The SMILES string of the molecule is CC1=C(C)C(C)(CC2(C)C(C)=C(C)C(C)=C2Cl)C(Cl)=C1C.[Ti]. The summed E-state index contributed by atoms with van der Waals surface area (Å²) in [5.41, 5.74) is 7.66. The summed E-state index contributed by atoms with van der Waals surface area (Å²) in [6.07, 6.45) is 0.929. The average Bonchev–Trinajstić information content (AvgIpc) is 2.67. The minimum Gasteiger partial charge on any atom is -0.0879 e. The van der Waals surface area contributed by atoms with Gasteiger partial charge in [-0.05, 0) is 70.3 Å². The van der Waals surface area contributed by atoms with Gasteiger partial charge in [-0.2, -0.15) is 0 Å². The second-order valence-corrected chi connectivity index (χ2v) is 7.97. The normalized spacial score (nSPS) is 32.5. The minimum absolute atomic E-state index is 0. The molecular weight excluding hydrogens is 347 g/mol. The summed E-state index contributed by atoms with van der Waals surface area (Å²) in [6, 6.07) is 0. The van der Waals surface area contributed by atoms with E-state index >= 15 is 0 Å². The quantitative estimate of drug-likeness (QED) is 0.453. The van der Waals surface area contributed by atoms with Gasteiger partial charge in [0.2, 0.25) is 0 Å². The molecule has 0 radical (unpaired) electrons. The molecule has 2 rings (SSSR count). The third-order valence-electron chi connectivity index (χ3n) is 6.24. The fraction of sp³-hybridized carbons (Fsp3) is 0.579. The first-order valence-electron chi connectivity index (χ1n) is 7.59. The van der Waals surface area contributed by atoms with Crippen LogP contribution in [0.3, 0.4) is 0 Å². The van der Waals surface area contributed by atoms with Gasteiger partial charge in [0.25, 0.3) is 0 Å². The Morgan fingerprint density at radius 1 is 0.636 bits per heavy atom. The molecule has 0 aliphatic heterocycles. The summed E-state index contributed by atoms with van der Waals surface area (Å²) >= 11 is 13.5. The zero-order valence-electron chi connectivity index (χ0n) is 15.0. The summed E-state index contributed by atoms with van der Waals surface area (Å²) in [7, 11) is 0. The Morgan fingerprint density at radius 3 is 1.09 bits per heavy atom. The molecule has 0 amide bonds. The summed E-state index contributed by atoms with van der Waals surface area (Å²) in [4.78, 5) is 0. The van der Waals surface area contributed by atoms with Crippen LogP contribution in [0.15, 0.2) is 43.5 Å². The third kappa shape index (κ3) is 2.55. The first-order chi connectivity index (χ1) is 9.48. The molecule has 0 aromatic rings. The Morgan fingerprint density at radius 2 is 0.909 bits per heavy atom. The van der Waals surface area contributed by atoms with Crippen LogP contribution in [0.1, 0.15) is 61.8 Å². The van der Waals surface area contributed by atoms with E-state index in [1.807, 2.05) is 0 Å². The first kappa shape index (κ1) is 20.3. The molecule has 0 bridgehead atoms. The summed E-state index contributed by atoms with van der Waals surface area (Å²) in [6.45, 7) is 17.5. The van der Waals surface area contributed by atoms with Gasteiger partial charge in [0, 0.05) is 42.6 Å². The van der Waals surface area contributed by atoms with E-state index in [4.69, 9.17) is 23.2 Å². The van der Waals surface area contributed by atoms with Crippen LogP contribution in [0.4, 0.5) is 0 Å². The summed E-state index contributed by atoms with van der Waals surface area (Å²) in [5, 5.41) is 1.97. The van der Waals surface area contributed by atoms with E-state index in [2.05, 4.69) is 55.4 Å². The van der Waals surface area contributed by atoms with Crippen molar-refractivity contribution in [3.63, 3.8) is 0 Å². The summed E-state index contributed by atoms with van der Waals surface area (Å²) < 4.78 is 0. The Bertz CT molecular complexity index is 540. The molecule has 0 aromatic carbocycles. The number of hydrogen-bond donors (Lipinski definition) is 0. The van der Waals surface area contributed by atoms with E-state index in [9.17, 15) is 0 Å². The van der Waals surface area contributed by atoms with Crippen LogP contribution in [-0.2, 0) is 21.7 Å². The third-order valence-corrected chi connectivity index (χ3v) is 7.64. The van der Waals surface area contributed by atoms with E-state index in [1.165, 1.54) is 33.4 Å². The van der Waals surface area contributed by atoms with Crippen molar-refractivity contribution in [3.8, 4) is 0 Å². The van der Waals surface area contributed by atoms with Crippen LogP contribution >= 0.6 is 23.2 Å². The molecule has 3 heteroatoms. The van der Waals surface area contributed by atoms with Gasteiger partial charge in [0.05, 0.1) is 0 Å². The average molecular weight is 373 g/mol. The van der Waals surface area contributed by atoms with Crippen LogP contribution in [-0.4, -0.2) is 0 Å². The molecule has 2 unspecified atom stereocenters. The van der Waals surface area contributed by atoms with Crippen molar-refractivity contribution in [2.24, 2.45) is 10.8 Å². The molecule has 22 heavy (non-hydrogen) atoms. The molecule has 0 nitrogen and oxygen atoms in total. The fourth-order valence-corrected chi connectivity index (χ4v) is 4.70. The number of hydrogen-bond acceptors (Lipinski definition) is 0. The molecule has 0 fully saturated rings. The molecule has 0 saturated carbocycles. The van der Waals surface area contributed by atoms with Gasteiger partial charge < -0.3 is 0 Å². The Balaban J connectivity index is 0.00000242. The van der Waals surface area contributed by atoms with Gasteiger partial charge in [-0.15, -0.1) is 0 Å². The van der Waals surface area contributed by atoms with E-state index in [-0.39, 0.29) is 32.5 Å². The molecule has 2 aliphatic rings. The van der Waals surface area contributed by atoms with Crippen molar-refractivity contribution in [3.05, 3.63) is 43.5 Å². The van der Waals surface area contributed by atoms with Gasteiger partial charge in [0.1, 0.15) is 0 Å². The van der Waals surface area contributed by atoms with Gasteiger partial charge in [0.15, 0.2) is 0 Å². The second-order valence-electron chi connectivity index (χ2n) is 7.22. The van der Waals surface area contributed by atoms with Gasteiger partial charge in [-0.25, -0.2) is 0 Å². The fourth-order valence-electron chi connectivity index (χ4n) is 4.00. The van der Waals surface area contributed by atoms with Crippen LogP contribution in [0, 0.1) is 10.8 Å². The monoisotopic (exact) mass is 372 g/mol. The van der Waals surface area contributed by atoms with E-state index in [1.54, 1.807) is 0 Å². The van der Waals surface area contributed by atoms with E-state index < -0.39 is 0 Å². The molecule has 0 aromatic heterocycles. The predicted molar refractivity (Wildman–Crippen MR) is 94.7 cm³/mol. The molecule has 0 N–H and O–H groups in total. The molecular formula is C19H26Cl2Ti. The minimum atomic E-state index is -0.114. The number of halogens is 2. The Labute approximate surface area is 160 Å². The van der Waals surface area contributed by atoms with E-state index in [0.717, 1.165) is 16.5 Å². The van der Waals surface area contributed by atoms with Crippen LogP contribution < -0.4 is 0 Å². The van der Waals surface area contributed by atoms with Crippen molar-refractivity contribution in [2.75, 3.05) is 0 Å². The van der Waals surface area contributed by atoms with Crippen molar-refractivity contribution in [1.82, 2.24) is 0 Å². The molecule has 2 atom stereocenters. The van der Waals surface area contributed by atoms with Crippen molar-refractivity contribution >= 4 is 23.2 Å². The van der Waals surface area contributed by atoms with Crippen LogP contribution in [0.5, 0.6) is 0 Å².